The minimum Gasteiger partial charge on any atom is -0.339 e. The minimum absolute atomic E-state index is 0.0439. The molecule has 2 aliphatic rings. The van der Waals surface area contributed by atoms with Crippen LogP contribution in [0.25, 0.3) is 0 Å². The van der Waals surface area contributed by atoms with Gasteiger partial charge in [-0.25, -0.2) is 13.6 Å². The Balaban J connectivity index is 1.51. The number of carbonyl (C=O) groups is 2. The molecular weight excluding hydrogens is 328 g/mol. The quantitative estimate of drug-likeness (QED) is 0.883. The molecular formula is C15H16ClF2N3O2. The summed E-state index contributed by atoms with van der Waals surface area (Å²) in [5.41, 5.74) is -0.271. The average Bonchev–Trinajstić information content (AvgIpc) is 3.24. The van der Waals surface area contributed by atoms with Crippen LogP contribution >= 0.6 is 11.6 Å². The first-order valence-corrected chi connectivity index (χ1v) is 7.80. The molecule has 3 rings (SSSR count). The van der Waals surface area contributed by atoms with Crippen molar-refractivity contribution in [1.29, 1.82) is 0 Å². The largest absolute Gasteiger partial charge is 0.339 e. The van der Waals surface area contributed by atoms with E-state index in [-0.39, 0.29) is 22.5 Å². The van der Waals surface area contributed by atoms with Gasteiger partial charge in [-0.05, 0) is 18.9 Å². The molecule has 0 spiro atoms. The molecule has 1 heterocycles. The van der Waals surface area contributed by atoms with E-state index in [0.29, 0.717) is 31.6 Å². The van der Waals surface area contributed by atoms with Gasteiger partial charge in [-0.15, -0.1) is 0 Å². The lowest BCUT2D eigenvalue weighted by Gasteiger charge is -2.16. The van der Waals surface area contributed by atoms with E-state index in [1.807, 2.05) is 4.90 Å². The van der Waals surface area contributed by atoms with Crippen molar-refractivity contribution in [2.75, 3.05) is 18.4 Å². The van der Waals surface area contributed by atoms with Crippen LogP contribution in [0.5, 0.6) is 0 Å². The monoisotopic (exact) mass is 343 g/mol. The molecule has 1 aromatic rings. The Kier molecular flexibility index (Phi) is 4.39. The molecule has 1 atom stereocenters. The van der Waals surface area contributed by atoms with Gasteiger partial charge < -0.3 is 15.5 Å². The maximum absolute atomic E-state index is 13.6. The van der Waals surface area contributed by atoms with Gasteiger partial charge in [0.25, 0.3) is 0 Å². The van der Waals surface area contributed by atoms with Crippen molar-refractivity contribution in [2.45, 2.75) is 25.3 Å². The molecule has 0 unspecified atom stereocenters. The number of nitrogens with one attached hydrogen (secondary N) is 2. The van der Waals surface area contributed by atoms with E-state index in [2.05, 4.69) is 10.6 Å². The molecule has 0 radical (unpaired) electrons. The number of urea groups is 1. The number of hydrogen-bond acceptors (Lipinski definition) is 2. The maximum atomic E-state index is 13.6. The number of anilines is 1. The predicted molar refractivity (Wildman–Crippen MR) is 81.2 cm³/mol. The number of hydrogen-bond donors (Lipinski definition) is 2. The number of carbonyl (C=O) groups excluding carboxylic acids is 2. The van der Waals surface area contributed by atoms with Gasteiger partial charge in [-0.1, -0.05) is 11.6 Å². The third-order valence-electron chi connectivity index (χ3n) is 4.02. The van der Waals surface area contributed by atoms with Crippen molar-refractivity contribution >= 4 is 29.2 Å². The van der Waals surface area contributed by atoms with Crippen LogP contribution in [0.1, 0.15) is 19.3 Å². The Labute approximate surface area is 137 Å². The fourth-order valence-corrected chi connectivity index (χ4v) is 2.98. The number of amides is 3. The van der Waals surface area contributed by atoms with Crippen molar-refractivity contribution in [1.82, 2.24) is 10.2 Å². The van der Waals surface area contributed by atoms with Gasteiger partial charge in [0.2, 0.25) is 5.91 Å². The number of likely N-dealkylation sites (tertiary alicyclic amines) is 1. The fraction of sp³-hybridized carbons (Fsp3) is 0.467. The highest BCUT2D eigenvalue weighted by atomic mass is 35.5. The number of nitrogens with zero attached hydrogens (tertiary/aromatic N) is 1. The van der Waals surface area contributed by atoms with Gasteiger partial charge in [0.15, 0.2) is 5.82 Å². The molecule has 23 heavy (non-hydrogen) atoms. The molecule has 2 N–H and O–H groups in total. The number of halogens is 3. The molecule has 124 valence electrons. The molecule has 1 aliphatic carbocycles. The summed E-state index contributed by atoms with van der Waals surface area (Å²) in [6, 6.07) is 1.29. The summed E-state index contributed by atoms with van der Waals surface area (Å²) in [6.45, 7) is 0.941. The van der Waals surface area contributed by atoms with E-state index >= 15 is 0 Å². The number of rotatable bonds is 4. The highest BCUT2D eigenvalue weighted by molar-refractivity contribution is 6.33. The van der Waals surface area contributed by atoms with Crippen molar-refractivity contribution in [3.63, 3.8) is 0 Å². The first-order valence-electron chi connectivity index (χ1n) is 7.43. The first kappa shape index (κ1) is 16.0. The summed E-state index contributed by atoms with van der Waals surface area (Å²) in [6.07, 6.45) is 2.51. The summed E-state index contributed by atoms with van der Waals surface area (Å²) in [5, 5.41) is 4.65. The molecule has 8 heteroatoms. The molecule has 1 aliphatic heterocycles. The van der Waals surface area contributed by atoms with E-state index in [1.165, 1.54) is 0 Å². The fourth-order valence-electron chi connectivity index (χ4n) is 2.74. The van der Waals surface area contributed by atoms with Crippen LogP contribution in [0.4, 0.5) is 19.3 Å². The van der Waals surface area contributed by atoms with Gasteiger partial charge in [-0.3, -0.25) is 4.79 Å². The summed E-state index contributed by atoms with van der Waals surface area (Å²) in [4.78, 5) is 25.5. The van der Waals surface area contributed by atoms with Crippen LogP contribution in [0.15, 0.2) is 12.1 Å². The smallest absolute Gasteiger partial charge is 0.319 e. The van der Waals surface area contributed by atoms with Crippen LogP contribution in [0.2, 0.25) is 5.02 Å². The van der Waals surface area contributed by atoms with Gasteiger partial charge in [0.1, 0.15) is 5.82 Å². The Morgan fingerprint density at radius 2 is 2.09 bits per heavy atom. The van der Waals surface area contributed by atoms with Crippen LogP contribution in [-0.4, -0.2) is 36.0 Å². The van der Waals surface area contributed by atoms with Crippen LogP contribution < -0.4 is 10.6 Å². The van der Waals surface area contributed by atoms with Gasteiger partial charge in [0.05, 0.1) is 10.7 Å². The lowest BCUT2D eigenvalue weighted by atomic mass is 10.1. The van der Waals surface area contributed by atoms with E-state index in [9.17, 15) is 18.4 Å². The normalized spacial score (nSPS) is 20.7. The zero-order chi connectivity index (χ0) is 16.6. The highest BCUT2D eigenvalue weighted by Gasteiger charge is 2.39. The lowest BCUT2D eigenvalue weighted by molar-refractivity contribution is -0.128. The molecule has 0 aromatic heterocycles. The van der Waals surface area contributed by atoms with Gasteiger partial charge in [0, 0.05) is 37.5 Å². The molecule has 2 fully saturated rings. The van der Waals surface area contributed by atoms with E-state index in [4.69, 9.17) is 11.6 Å². The highest BCUT2D eigenvalue weighted by Crippen LogP contribution is 2.32. The topological polar surface area (TPSA) is 61.4 Å². The second kappa shape index (κ2) is 6.31. The van der Waals surface area contributed by atoms with Crippen molar-refractivity contribution in [3.8, 4) is 0 Å². The number of benzene rings is 1. The summed E-state index contributed by atoms with van der Waals surface area (Å²) in [5.74, 6) is -1.60. The second-order valence-corrected chi connectivity index (χ2v) is 6.33. The first-order chi connectivity index (χ1) is 10.9. The third kappa shape index (κ3) is 3.72. The Morgan fingerprint density at radius 1 is 1.35 bits per heavy atom. The molecule has 5 nitrogen and oxygen atoms in total. The summed E-state index contributed by atoms with van der Waals surface area (Å²) < 4.78 is 26.5. The van der Waals surface area contributed by atoms with Crippen molar-refractivity contribution < 1.29 is 18.4 Å². The molecule has 1 aromatic carbocycles. The maximum Gasteiger partial charge on any atom is 0.319 e. The minimum atomic E-state index is -0.943. The van der Waals surface area contributed by atoms with Gasteiger partial charge in [-0.2, -0.15) is 0 Å². The van der Waals surface area contributed by atoms with E-state index in [1.54, 1.807) is 0 Å². The third-order valence-corrected chi connectivity index (χ3v) is 4.32. The Bertz CT molecular complexity index is 629. The average molecular weight is 344 g/mol. The lowest BCUT2D eigenvalue weighted by Crippen LogP contribution is -2.34. The van der Waals surface area contributed by atoms with E-state index in [0.717, 1.165) is 18.9 Å². The standard InChI is InChI=1S/C15H16ClF2N3O2/c16-11-4-9(17)5-12(18)14(11)20-15(23)19-6-8-3-13(22)21(7-8)10-1-2-10/h4-5,8,10H,1-3,6-7H2,(H2,19,20,23)/t8-/m1/s1. The van der Waals surface area contributed by atoms with Crippen molar-refractivity contribution in [2.24, 2.45) is 5.92 Å². The molecule has 1 saturated carbocycles. The Morgan fingerprint density at radius 3 is 2.74 bits per heavy atom. The summed E-state index contributed by atoms with van der Waals surface area (Å²) >= 11 is 5.71. The van der Waals surface area contributed by atoms with Crippen LogP contribution in [0.3, 0.4) is 0 Å². The van der Waals surface area contributed by atoms with Crippen LogP contribution in [0, 0.1) is 17.6 Å². The van der Waals surface area contributed by atoms with Crippen LogP contribution in [-0.2, 0) is 4.79 Å². The Hall–Kier alpha value is -1.89. The molecule has 0 bridgehead atoms. The molecule has 3 amide bonds. The second-order valence-electron chi connectivity index (χ2n) is 5.93. The van der Waals surface area contributed by atoms with Crippen molar-refractivity contribution in [3.05, 3.63) is 28.8 Å². The van der Waals surface area contributed by atoms with Gasteiger partial charge >= 0.3 is 6.03 Å². The summed E-state index contributed by atoms with van der Waals surface area (Å²) in [7, 11) is 0. The SMILES string of the molecule is O=C(NC[C@H]1CC(=O)N(C2CC2)C1)Nc1c(F)cc(F)cc1Cl. The molecule has 1 saturated heterocycles. The zero-order valence-electron chi connectivity index (χ0n) is 12.2. The zero-order valence-corrected chi connectivity index (χ0v) is 13.0. The van der Waals surface area contributed by atoms with E-state index < -0.39 is 17.7 Å². The predicted octanol–water partition coefficient (Wildman–Crippen LogP) is 2.75.